The molecule has 92 valence electrons. The number of nitrogen functional groups attached to an aromatic ring is 1. The van der Waals surface area contributed by atoms with Gasteiger partial charge in [0.15, 0.2) is 0 Å². The molecule has 1 fully saturated rings. The zero-order valence-electron chi connectivity index (χ0n) is 8.92. The predicted octanol–water partition coefficient (Wildman–Crippen LogP) is -0.365. The molecule has 8 heteroatoms. The minimum absolute atomic E-state index is 0.0659. The van der Waals surface area contributed by atoms with Crippen molar-refractivity contribution < 1.29 is 19.3 Å². The van der Waals surface area contributed by atoms with Gasteiger partial charge < -0.3 is 16.2 Å². The van der Waals surface area contributed by atoms with Crippen LogP contribution in [0, 0.1) is 5.92 Å². The maximum absolute atomic E-state index is 11.7. The summed E-state index contributed by atoms with van der Waals surface area (Å²) in [6.07, 6.45) is 1.62. The van der Waals surface area contributed by atoms with Crippen molar-refractivity contribution in [2.45, 2.75) is 25.3 Å². The molecule has 1 aliphatic rings. The largest absolute Gasteiger partial charge is 0.481 e. The van der Waals surface area contributed by atoms with Gasteiger partial charge in [0.05, 0.1) is 5.92 Å². The number of hydrogen-bond acceptors (Lipinski definition) is 6. The molecule has 0 spiro atoms. The van der Waals surface area contributed by atoms with Gasteiger partial charge in [-0.05, 0) is 29.6 Å². The number of nitrogens with one attached hydrogen (secondary N) is 1. The lowest BCUT2D eigenvalue weighted by atomic mass is 10.1. The van der Waals surface area contributed by atoms with E-state index < -0.39 is 17.8 Å². The van der Waals surface area contributed by atoms with E-state index in [0.717, 1.165) is 0 Å². The molecule has 1 aromatic rings. The number of aromatic nitrogens is 2. The quantitative estimate of drug-likeness (QED) is 0.656. The van der Waals surface area contributed by atoms with Gasteiger partial charge in [-0.3, -0.25) is 9.59 Å². The van der Waals surface area contributed by atoms with Gasteiger partial charge >= 0.3 is 5.97 Å². The van der Waals surface area contributed by atoms with Gasteiger partial charge in [-0.2, -0.15) is 0 Å². The molecule has 0 bridgehead atoms. The summed E-state index contributed by atoms with van der Waals surface area (Å²) in [6.45, 7) is 0. The van der Waals surface area contributed by atoms with Crippen molar-refractivity contribution in [3.63, 3.8) is 0 Å². The highest BCUT2D eigenvalue weighted by Gasteiger charge is 2.31. The Morgan fingerprint density at radius 1 is 1.41 bits per heavy atom. The maximum Gasteiger partial charge on any atom is 0.306 e. The Morgan fingerprint density at radius 3 is 2.71 bits per heavy atom. The summed E-state index contributed by atoms with van der Waals surface area (Å²) in [5.74, 6) is -1.78. The molecule has 0 aliphatic heterocycles. The number of amides is 1. The molecular formula is C9H12N4O4. The first kappa shape index (κ1) is 11.4. The molecule has 0 radical (unpaired) electrons. The number of aliphatic carboxylic acids is 1. The average Bonchev–Trinajstić information content (AvgIpc) is 2.86. The number of carboxylic acids is 1. The fourth-order valence-corrected chi connectivity index (χ4v) is 1.94. The van der Waals surface area contributed by atoms with Crippen molar-refractivity contribution in [2.75, 3.05) is 5.73 Å². The monoisotopic (exact) mass is 240 g/mol. The van der Waals surface area contributed by atoms with Crippen molar-refractivity contribution >= 4 is 17.7 Å². The second-order valence-electron chi connectivity index (χ2n) is 4.02. The fourth-order valence-electron chi connectivity index (χ4n) is 1.94. The van der Waals surface area contributed by atoms with Crippen LogP contribution in [0.25, 0.3) is 0 Å². The van der Waals surface area contributed by atoms with E-state index in [4.69, 9.17) is 10.8 Å². The summed E-state index contributed by atoms with van der Waals surface area (Å²) in [4.78, 5) is 22.4. The van der Waals surface area contributed by atoms with Crippen molar-refractivity contribution in [2.24, 2.45) is 5.92 Å². The van der Waals surface area contributed by atoms with Crippen LogP contribution in [-0.4, -0.2) is 33.3 Å². The lowest BCUT2D eigenvalue weighted by Gasteiger charge is -2.10. The molecule has 4 N–H and O–H groups in total. The third-order valence-corrected chi connectivity index (χ3v) is 2.85. The standard InChI is InChI=1S/C9H12N4O4/c10-7-6(12-17-13-7)8(14)11-5-2-1-4(3-5)9(15)16/h4-5H,1-3H2,(H2,10,13)(H,11,14)(H,15,16)/t4-,5+/m1/s1. The number of anilines is 1. The first-order chi connectivity index (χ1) is 8.08. The normalized spacial score (nSPS) is 23.5. The lowest BCUT2D eigenvalue weighted by molar-refractivity contribution is -0.141. The second-order valence-corrected chi connectivity index (χ2v) is 4.02. The van der Waals surface area contributed by atoms with Gasteiger partial charge in [0, 0.05) is 6.04 Å². The molecule has 1 aliphatic carbocycles. The van der Waals surface area contributed by atoms with Gasteiger partial charge in [-0.25, -0.2) is 4.63 Å². The van der Waals surface area contributed by atoms with Crippen LogP contribution < -0.4 is 11.1 Å². The predicted molar refractivity (Wildman–Crippen MR) is 54.9 cm³/mol. The molecule has 1 saturated carbocycles. The van der Waals surface area contributed by atoms with Gasteiger partial charge in [0.2, 0.25) is 11.5 Å². The second kappa shape index (κ2) is 4.40. The van der Waals surface area contributed by atoms with Crippen molar-refractivity contribution in [3.8, 4) is 0 Å². The molecule has 1 heterocycles. The van der Waals surface area contributed by atoms with Crippen molar-refractivity contribution in [3.05, 3.63) is 5.69 Å². The summed E-state index contributed by atoms with van der Waals surface area (Å²) < 4.78 is 4.31. The van der Waals surface area contributed by atoms with Crippen LogP contribution in [0.4, 0.5) is 5.82 Å². The van der Waals surface area contributed by atoms with Gasteiger partial charge in [-0.1, -0.05) is 0 Å². The van der Waals surface area contributed by atoms with Crippen LogP contribution in [0.2, 0.25) is 0 Å². The molecule has 0 saturated heterocycles. The summed E-state index contributed by atoms with van der Waals surface area (Å²) in [5.41, 5.74) is 5.30. The van der Waals surface area contributed by atoms with E-state index in [2.05, 4.69) is 20.3 Å². The van der Waals surface area contributed by atoms with Crippen LogP contribution in [0.1, 0.15) is 29.8 Å². The fraction of sp³-hybridized carbons (Fsp3) is 0.556. The number of carboxylic acid groups (broad SMARTS) is 1. The molecule has 8 nitrogen and oxygen atoms in total. The van der Waals surface area contributed by atoms with Gasteiger partial charge in [0.25, 0.3) is 5.91 Å². The Balaban J connectivity index is 1.93. The van der Waals surface area contributed by atoms with Crippen LogP contribution in [-0.2, 0) is 4.79 Å². The molecule has 17 heavy (non-hydrogen) atoms. The van der Waals surface area contributed by atoms with Crippen molar-refractivity contribution in [1.29, 1.82) is 0 Å². The SMILES string of the molecule is Nc1nonc1C(=O)N[C@H]1CC[C@@H](C(=O)O)C1. The van der Waals surface area contributed by atoms with E-state index in [1.54, 1.807) is 0 Å². The van der Waals surface area contributed by atoms with Crippen molar-refractivity contribution in [1.82, 2.24) is 15.6 Å². The number of nitrogens with zero attached hydrogens (tertiary/aromatic N) is 2. The van der Waals surface area contributed by atoms with Gasteiger partial charge in [-0.15, -0.1) is 0 Å². The van der Waals surface area contributed by atoms with E-state index >= 15 is 0 Å². The lowest BCUT2D eigenvalue weighted by Crippen LogP contribution is -2.34. The first-order valence-electron chi connectivity index (χ1n) is 5.19. The summed E-state index contributed by atoms with van der Waals surface area (Å²) in [5, 5.41) is 18.1. The average molecular weight is 240 g/mol. The molecule has 2 rings (SSSR count). The number of carbonyl (C=O) groups excluding carboxylic acids is 1. The molecule has 0 unspecified atom stereocenters. The van der Waals surface area contributed by atoms with E-state index in [9.17, 15) is 9.59 Å². The van der Waals surface area contributed by atoms with Crippen LogP contribution >= 0.6 is 0 Å². The van der Waals surface area contributed by atoms with E-state index in [0.29, 0.717) is 19.3 Å². The minimum atomic E-state index is -0.829. The van der Waals surface area contributed by atoms with Crippen LogP contribution in [0.15, 0.2) is 4.63 Å². The third-order valence-electron chi connectivity index (χ3n) is 2.85. The Labute approximate surface area is 96.1 Å². The highest BCUT2D eigenvalue weighted by atomic mass is 16.6. The highest BCUT2D eigenvalue weighted by molar-refractivity contribution is 5.96. The maximum atomic E-state index is 11.7. The smallest absolute Gasteiger partial charge is 0.306 e. The first-order valence-corrected chi connectivity index (χ1v) is 5.19. The zero-order chi connectivity index (χ0) is 12.4. The molecule has 0 aromatic carbocycles. The number of nitrogens with two attached hydrogens (primary N) is 1. The molecule has 2 atom stereocenters. The Morgan fingerprint density at radius 2 is 2.18 bits per heavy atom. The summed E-state index contributed by atoms with van der Waals surface area (Å²) in [7, 11) is 0. The van der Waals surface area contributed by atoms with E-state index in [1.807, 2.05) is 0 Å². The molecule has 1 aromatic heterocycles. The Bertz CT molecular complexity index is 444. The van der Waals surface area contributed by atoms with E-state index in [1.165, 1.54) is 0 Å². The van der Waals surface area contributed by atoms with Gasteiger partial charge in [0.1, 0.15) is 0 Å². The Hall–Kier alpha value is -2.12. The molecule has 1 amide bonds. The highest BCUT2D eigenvalue weighted by Crippen LogP contribution is 2.25. The Kier molecular flexibility index (Phi) is 2.94. The summed E-state index contributed by atoms with van der Waals surface area (Å²) in [6, 6.07) is -0.167. The van der Waals surface area contributed by atoms with Crippen LogP contribution in [0.3, 0.4) is 0 Å². The van der Waals surface area contributed by atoms with E-state index in [-0.39, 0.29) is 17.6 Å². The third kappa shape index (κ3) is 2.35. The number of rotatable bonds is 3. The summed E-state index contributed by atoms with van der Waals surface area (Å²) >= 11 is 0. The number of hydrogen-bond donors (Lipinski definition) is 3. The number of carbonyl (C=O) groups is 2. The minimum Gasteiger partial charge on any atom is -0.481 e. The zero-order valence-corrected chi connectivity index (χ0v) is 8.92. The topological polar surface area (TPSA) is 131 Å². The van der Waals surface area contributed by atoms with Crippen LogP contribution in [0.5, 0.6) is 0 Å². The molecular weight excluding hydrogens is 228 g/mol.